The second kappa shape index (κ2) is 4.66. The van der Waals surface area contributed by atoms with Crippen LogP contribution in [0, 0.1) is 0 Å². The predicted molar refractivity (Wildman–Crippen MR) is 48.6 cm³/mol. The summed E-state index contributed by atoms with van der Waals surface area (Å²) in [6.07, 6.45) is 1.45. The van der Waals surface area contributed by atoms with Crippen LogP contribution in [0.4, 0.5) is 0 Å². The number of nitrogens with zero attached hydrogens (tertiary/aromatic N) is 1. The molecule has 0 aromatic carbocycles. The lowest BCUT2D eigenvalue weighted by Gasteiger charge is -2.08. The van der Waals surface area contributed by atoms with E-state index < -0.39 is 5.97 Å². The molecule has 1 rings (SSSR count). The van der Waals surface area contributed by atoms with Crippen LogP contribution in [0.25, 0.3) is 0 Å². The monoisotopic (exact) mass is 217 g/mol. The van der Waals surface area contributed by atoms with E-state index in [9.17, 15) is 4.79 Å². The van der Waals surface area contributed by atoms with E-state index in [0.29, 0.717) is 5.75 Å². The highest BCUT2D eigenvalue weighted by atomic mass is 35.5. The Kier molecular flexibility index (Phi) is 3.53. The fraction of sp³-hybridized carbons (Fsp3) is 0.250. The third kappa shape index (κ3) is 1.88. The zero-order valence-electron chi connectivity index (χ0n) is 7.61. The van der Waals surface area contributed by atoms with Crippen molar-refractivity contribution in [2.24, 2.45) is 0 Å². The first-order valence-corrected chi connectivity index (χ1v) is 3.95. The molecule has 1 heterocycles. The number of rotatable bonds is 3. The van der Waals surface area contributed by atoms with Gasteiger partial charge in [-0.15, -0.1) is 0 Å². The van der Waals surface area contributed by atoms with Gasteiger partial charge in [0.25, 0.3) is 0 Å². The summed E-state index contributed by atoms with van der Waals surface area (Å²) in [6, 6.07) is 1.51. The maximum absolute atomic E-state index is 11.2. The zero-order chi connectivity index (χ0) is 10.6. The van der Waals surface area contributed by atoms with Crippen molar-refractivity contribution >= 4 is 17.8 Å². The van der Waals surface area contributed by atoms with Gasteiger partial charge >= 0.3 is 5.97 Å². The third-order valence-corrected chi connectivity index (χ3v) is 1.71. The van der Waals surface area contributed by atoms with Crippen LogP contribution in [0.3, 0.4) is 0 Å². The van der Waals surface area contributed by atoms with Gasteiger partial charge in [-0.05, 0) is 6.07 Å². The van der Waals surface area contributed by atoms with Gasteiger partial charge in [0.2, 0.25) is 5.88 Å². The summed E-state index contributed by atoms with van der Waals surface area (Å²) in [5, 5.41) is 0. The lowest BCUT2D eigenvalue weighted by atomic mass is 10.2. The van der Waals surface area contributed by atoms with Crippen LogP contribution in [0.2, 0.25) is 0 Å². The lowest BCUT2D eigenvalue weighted by Crippen LogP contribution is -2.06. The summed E-state index contributed by atoms with van der Waals surface area (Å²) >= 11 is 4.96. The van der Waals surface area contributed by atoms with Crippen molar-refractivity contribution < 1.29 is 18.6 Å². The zero-order valence-corrected chi connectivity index (χ0v) is 8.37. The normalized spacial score (nSPS) is 9.36. The van der Waals surface area contributed by atoms with E-state index in [0.717, 1.165) is 0 Å². The molecule has 0 spiro atoms. The first kappa shape index (κ1) is 10.6. The van der Waals surface area contributed by atoms with Crippen LogP contribution in [-0.2, 0) is 4.29 Å². The van der Waals surface area contributed by atoms with E-state index >= 15 is 0 Å². The topological polar surface area (TPSA) is 57.7 Å². The number of hydrogen-bond donors (Lipinski definition) is 0. The Hall–Kier alpha value is -1.49. The van der Waals surface area contributed by atoms with Crippen molar-refractivity contribution in [3.63, 3.8) is 0 Å². The molecule has 0 N–H and O–H groups in total. The molecule has 5 nitrogen and oxygen atoms in total. The van der Waals surface area contributed by atoms with Crippen molar-refractivity contribution in [1.29, 1.82) is 0 Å². The van der Waals surface area contributed by atoms with Crippen LogP contribution in [0.5, 0.6) is 11.6 Å². The van der Waals surface area contributed by atoms with E-state index in [-0.39, 0.29) is 11.4 Å². The second-order valence-corrected chi connectivity index (χ2v) is 2.42. The van der Waals surface area contributed by atoms with Crippen molar-refractivity contribution in [2.45, 2.75) is 0 Å². The van der Waals surface area contributed by atoms with Crippen LogP contribution < -0.4 is 9.47 Å². The van der Waals surface area contributed by atoms with E-state index in [1.165, 1.54) is 26.5 Å². The van der Waals surface area contributed by atoms with Gasteiger partial charge in [0.05, 0.1) is 14.2 Å². The second-order valence-electron chi connectivity index (χ2n) is 2.26. The number of pyridine rings is 1. The maximum Gasteiger partial charge on any atom is 0.365 e. The van der Waals surface area contributed by atoms with Gasteiger partial charge in [-0.25, -0.2) is 9.78 Å². The Bertz CT molecular complexity index is 320. The molecule has 6 heteroatoms. The average molecular weight is 218 g/mol. The molecular weight excluding hydrogens is 210 g/mol. The SMILES string of the molecule is COc1ccnc(OC)c1C(=O)OCl. The lowest BCUT2D eigenvalue weighted by molar-refractivity contribution is 0.0743. The highest BCUT2D eigenvalue weighted by Crippen LogP contribution is 2.26. The Balaban J connectivity index is 3.25. The first-order chi connectivity index (χ1) is 6.74. The average Bonchev–Trinajstić information content (AvgIpc) is 2.26. The largest absolute Gasteiger partial charge is 0.496 e. The van der Waals surface area contributed by atoms with Gasteiger partial charge in [-0.1, -0.05) is 0 Å². The van der Waals surface area contributed by atoms with Gasteiger partial charge in [0.1, 0.15) is 17.6 Å². The molecule has 0 amide bonds. The molecular formula is C8H8ClNO4. The molecule has 1 aromatic heterocycles. The van der Waals surface area contributed by atoms with Crippen molar-refractivity contribution in [3.05, 3.63) is 17.8 Å². The predicted octanol–water partition coefficient (Wildman–Crippen LogP) is 1.41. The Labute approximate surface area is 85.7 Å². The summed E-state index contributed by atoms with van der Waals surface area (Å²) in [6.45, 7) is 0. The summed E-state index contributed by atoms with van der Waals surface area (Å²) in [4.78, 5) is 15.0. The maximum atomic E-state index is 11.2. The standard InChI is InChI=1S/C8H8ClNO4/c1-12-5-3-4-10-7(13-2)6(5)8(11)14-9/h3-4H,1-2H3. The van der Waals surface area contributed by atoms with E-state index in [1.54, 1.807) is 0 Å². The summed E-state index contributed by atoms with van der Waals surface area (Å²) in [5.41, 5.74) is 0.0625. The first-order valence-electron chi connectivity index (χ1n) is 3.64. The quantitative estimate of drug-likeness (QED) is 0.766. The van der Waals surface area contributed by atoms with Gasteiger partial charge < -0.3 is 13.8 Å². The number of methoxy groups -OCH3 is 2. The van der Waals surface area contributed by atoms with Crippen molar-refractivity contribution in [1.82, 2.24) is 4.98 Å². The highest BCUT2D eigenvalue weighted by Gasteiger charge is 2.20. The number of ether oxygens (including phenoxy) is 2. The fourth-order valence-corrected chi connectivity index (χ4v) is 1.05. The molecule has 14 heavy (non-hydrogen) atoms. The van der Waals surface area contributed by atoms with E-state index in [1.807, 2.05) is 0 Å². The fourth-order valence-electron chi connectivity index (χ4n) is 0.977. The molecule has 76 valence electrons. The highest BCUT2D eigenvalue weighted by molar-refractivity contribution is 6.16. The van der Waals surface area contributed by atoms with Gasteiger partial charge in [-0.2, -0.15) is 0 Å². The number of aromatic nitrogens is 1. The molecule has 0 fully saturated rings. The minimum Gasteiger partial charge on any atom is -0.496 e. The molecule has 0 saturated carbocycles. The van der Waals surface area contributed by atoms with Gasteiger partial charge in [0.15, 0.2) is 5.56 Å². The molecule has 0 aliphatic heterocycles. The Morgan fingerprint density at radius 2 is 2.14 bits per heavy atom. The molecule has 1 aromatic rings. The minimum absolute atomic E-state index is 0.0625. The molecule has 0 radical (unpaired) electrons. The minimum atomic E-state index is -0.770. The van der Waals surface area contributed by atoms with E-state index in [4.69, 9.17) is 21.3 Å². The molecule has 0 unspecified atom stereocenters. The van der Waals surface area contributed by atoms with Crippen LogP contribution >= 0.6 is 11.9 Å². The summed E-state index contributed by atoms with van der Waals surface area (Å²) in [5.74, 6) is -0.369. The third-order valence-electron chi connectivity index (χ3n) is 1.57. The number of carbonyl (C=O) groups is 1. The number of hydrogen-bond acceptors (Lipinski definition) is 5. The molecule has 0 bridgehead atoms. The van der Waals surface area contributed by atoms with Gasteiger partial charge in [0, 0.05) is 6.20 Å². The van der Waals surface area contributed by atoms with Gasteiger partial charge in [-0.3, -0.25) is 0 Å². The smallest absolute Gasteiger partial charge is 0.365 e. The van der Waals surface area contributed by atoms with Crippen LogP contribution in [0.15, 0.2) is 12.3 Å². The van der Waals surface area contributed by atoms with E-state index in [2.05, 4.69) is 9.27 Å². The van der Waals surface area contributed by atoms with Crippen LogP contribution in [-0.4, -0.2) is 25.2 Å². The van der Waals surface area contributed by atoms with Crippen LogP contribution in [0.1, 0.15) is 10.4 Å². The molecule has 0 aliphatic rings. The van der Waals surface area contributed by atoms with Crippen molar-refractivity contribution in [3.8, 4) is 11.6 Å². The Morgan fingerprint density at radius 1 is 1.43 bits per heavy atom. The molecule has 0 saturated heterocycles. The van der Waals surface area contributed by atoms with Crippen molar-refractivity contribution in [2.75, 3.05) is 14.2 Å². The summed E-state index contributed by atoms with van der Waals surface area (Å²) in [7, 11) is 2.80. The Morgan fingerprint density at radius 3 is 2.64 bits per heavy atom. The number of halogens is 1. The summed E-state index contributed by atoms with van der Waals surface area (Å²) < 4.78 is 13.8. The molecule has 0 atom stereocenters. The molecule has 0 aliphatic carbocycles. The number of carbonyl (C=O) groups excluding carboxylic acids is 1.